The van der Waals surface area contributed by atoms with Crippen LogP contribution in [0.4, 0.5) is 6.01 Å². The van der Waals surface area contributed by atoms with Crippen LogP contribution in [0.3, 0.4) is 0 Å². The third kappa shape index (κ3) is 3.29. The highest BCUT2D eigenvalue weighted by atomic mass is 79.9. The number of likely N-dealkylation sites (N-methyl/N-ethyl adjacent to an activating group) is 1. The van der Waals surface area contributed by atoms with Crippen LogP contribution in [0, 0.1) is 5.92 Å². The summed E-state index contributed by atoms with van der Waals surface area (Å²) in [5, 5.41) is 4.26. The number of piperazine rings is 1. The van der Waals surface area contributed by atoms with Crippen LogP contribution >= 0.6 is 15.9 Å². The summed E-state index contributed by atoms with van der Waals surface area (Å²) in [5.74, 6) is 0.977. The van der Waals surface area contributed by atoms with Crippen molar-refractivity contribution in [3.05, 3.63) is 40.1 Å². The molecule has 1 fully saturated rings. The predicted molar refractivity (Wildman–Crippen MR) is 99.6 cm³/mol. The number of hydrogen-bond acceptors (Lipinski definition) is 5. The van der Waals surface area contributed by atoms with E-state index in [1.807, 2.05) is 24.1 Å². The van der Waals surface area contributed by atoms with Gasteiger partial charge in [0.1, 0.15) is 6.54 Å². The van der Waals surface area contributed by atoms with Crippen molar-refractivity contribution in [2.45, 2.75) is 26.2 Å². The van der Waals surface area contributed by atoms with Crippen molar-refractivity contribution >= 4 is 27.9 Å². The number of nitrogens with zero attached hydrogens (tertiary/aromatic N) is 4. The first-order chi connectivity index (χ1) is 11.8. The lowest BCUT2D eigenvalue weighted by molar-refractivity contribution is -0.129. The van der Waals surface area contributed by atoms with Crippen LogP contribution < -0.4 is 4.90 Å². The smallest absolute Gasteiger partial charge is 0.324 e. The van der Waals surface area contributed by atoms with Crippen molar-refractivity contribution in [1.29, 1.82) is 0 Å². The summed E-state index contributed by atoms with van der Waals surface area (Å²) >= 11 is 3.48. The number of amides is 1. The number of halogens is 1. The summed E-state index contributed by atoms with van der Waals surface area (Å²) in [6.45, 7) is 8.06. The van der Waals surface area contributed by atoms with Gasteiger partial charge in [-0.3, -0.25) is 4.79 Å². The second-order valence-electron chi connectivity index (χ2n) is 7.00. The van der Waals surface area contributed by atoms with Crippen molar-refractivity contribution in [3.63, 3.8) is 0 Å². The molecule has 1 aromatic carbocycles. The van der Waals surface area contributed by atoms with Crippen molar-refractivity contribution in [1.82, 2.24) is 15.0 Å². The van der Waals surface area contributed by atoms with Crippen LogP contribution in [0.25, 0.3) is 0 Å². The number of aromatic nitrogens is 2. The van der Waals surface area contributed by atoms with Crippen molar-refractivity contribution in [2.24, 2.45) is 5.92 Å². The van der Waals surface area contributed by atoms with Gasteiger partial charge in [0.05, 0.1) is 5.41 Å². The van der Waals surface area contributed by atoms with E-state index in [4.69, 9.17) is 4.52 Å². The highest BCUT2D eigenvalue weighted by Crippen LogP contribution is 2.38. The van der Waals surface area contributed by atoms with E-state index in [0.717, 1.165) is 10.0 Å². The first kappa shape index (κ1) is 17.9. The second-order valence-corrected chi connectivity index (χ2v) is 7.92. The molecule has 0 saturated carbocycles. The third-order valence-corrected chi connectivity index (χ3v) is 5.73. The van der Waals surface area contributed by atoms with Gasteiger partial charge in [-0.15, -0.1) is 0 Å². The fourth-order valence-corrected chi connectivity index (χ4v) is 3.26. The second kappa shape index (κ2) is 6.78. The molecule has 6 nitrogen and oxygen atoms in total. The van der Waals surface area contributed by atoms with Gasteiger partial charge in [-0.1, -0.05) is 47.1 Å². The summed E-state index contributed by atoms with van der Waals surface area (Å²) in [5.41, 5.74) is 0.756. The third-order valence-electron chi connectivity index (χ3n) is 5.21. The average molecular weight is 407 g/mol. The molecule has 0 radical (unpaired) electrons. The Hall–Kier alpha value is -1.89. The van der Waals surface area contributed by atoms with E-state index in [1.54, 1.807) is 4.90 Å². The maximum absolute atomic E-state index is 11.9. The van der Waals surface area contributed by atoms with Crippen molar-refractivity contribution in [2.75, 3.05) is 31.6 Å². The lowest BCUT2D eigenvalue weighted by Gasteiger charge is -2.32. The molecule has 1 aliphatic rings. The molecule has 134 valence electrons. The Kier molecular flexibility index (Phi) is 4.86. The van der Waals surface area contributed by atoms with Gasteiger partial charge < -0.3 is 14.3 Å². The zero-order valence-corrected chi connectivity index (χ0v) is 16.6. The largest absolute Gasteiger partial charge is 0.342 e. The van der Waals surface area contributed by atoms with E-state index in [2.05, 4.69) is 59.0 Å². The van der Waals surface area contributed by atoms with Gasteiger partial charge in [-0.05, 0) is 30.5 Å². The Morgan fingerprint density at radius 3 is 2.52 bits per heavy atom. The predicted octanol–water partition coefficient (Wildman–Crippen LogP) is 3.07. The molecule has 25 heavy (non-hydrogen) atoms. The summed E-state index contributed by atoms with van der Waals surface area (Å²) in [6, 6.07) is 8.63. The summed E-state index contributed by atoms with van der Waals surface area (Å²) in [6.07, 6.45) is 0. The Balaban J connectivity index is 1.92. The van der Waals surface area contributed by atoms with Crippen LogP contribution in [0.2, 0.25) is 0 Å². The molecule has 0 spiro atoms. The Morgan fingerprint density at radius 2 is 1.92 bits per heavy atom. The van der Waals surface area contributed by atoms with Gasteiger partial charge in [0.2, 0.25) is 5.91 Å². The van der Waals surface area contributed by atoms with Gasteiger partial charge in [0.25, 0.3) is 0 Å². The molecular weight excluding hydrogens is 384 g/mol. The molecule has 1 unspecified atom stereocenters. The monoisotopic (exact) mass is 406 g/mol. The lowest BCUT2D eigenvalue weighted by Crippen LogP contribution is -2.48. The topological polar surface area (TPSA) is 62.5 Å². The van der Waals surface area contributed by atoms with Gasteiger partial charge in [-0.25, -0.2) is 0 Å². The maximum atomic E-state index is 11.9. The summed E-state index contributed by atoms with van der Waals surface area (Å²) in [7, 11) is 1.81. The molecule has 0 aliphatic carbocycles. The highest BCUT2D eigenvalue weighted by Gasteiger charge is 2.38. The van der Waals surface area contributed by atoms with Gasteiger partial charge in [0, 0.05) is 24.6 Å². The summed E-state index contributed by atoms with van der Waals surface area (Å²) < 4.78 is 6.55. The average Bonchev–Trinajstić information content (AvgIpc) is 3.07. The standard InChI is InChI=1S/C18H23BrN4O2/c1-12(2)18(3,13-5-7-14(19)8-6-13)16-20-17(25-21-16)23-10-9-22(4)15(24)11-23/h5-8,12H,9-11H2,1-4H3. The number of rotatable bonds is 4. The molecule has 1 atom stereocenters. The Morgan fingerprint density at radius 1 is 1.24 bits per heavy atom. The molecule has 1 amide bonds. The molecule has 0 N–H and O–H groups in total. The SMILES string of the molecule is CC(C)C(C)(c1ccc(Br)cc1)c1noc(N2CCN(C)C(=O)C2)n1. The van der Waals surface area contributed by atoms with E-state index in [9.17, 15) is 4.79 Å². The zero-order valence-electron chi connectivity index (χ0n) is 15.0. The molecule has 0 bridgehead atoms. The number of carbonyl (C=O) groups is 1. The Bertz CT molecular complexity index is 759. The number of anilines is 1. The van der Waals surface area contributed by atoms with Gasteiger partial charge >= 0.3 is 6.01 Å². The Labute approximate surface area is 156 Å². The first-order valence-corrected chi connectivity index (χ1v) is 9.21. The van der Waals surface area contributed by atoms with Crippen LogP contribution in [-0.4, -0.2) is 47.6 Å². The first-order valence-electron chi connectivity index (χ1n) is 8.41. The molecule has 2 aromatic rings. The molecule has 1 saturated heterocycles. The van der Waals surface area contributed by atoms with Gasteiger partial charge in [-0.2, -0.15) is 4.98 Å². The molecule has 1 aromatic heterocycles. The fourth-order valence-electron chi connectivity index (χ4n) is 2.99. The number of benzene rings is 1. The van der Waals surface area contributed by atoms with E-state index in [0.29, 0.717) is 24.9 Å². The normalized spacial score (nSPS) is 17.9. The number of hydrogen-bond donors (Lipinski definition) is 0. The fraction of sp³-hybridized carbons (Fsp3) is 0.500. The van der Waals surface area contributed by atoms with Crippen molar-refractivity contribution in [3.8, 4) is 0 Å². The number of carbonyl (C=O) groups excluding carboxylic acids is 1. The minimum atomic E-state index is -0.376. The lowest BCUT2D eigenvalue weighted by atomic mass is 9.73. The van der Waals surface area contributed by atoms with Crippen LogP contribution in [-0.2, 0) is 10.2 Å². The zero-order chi connectivity index (χ0) is 18.2. The van der Waals surface area contributed by atoms with E-state index in [1.165, 1.54) is 0 Å². The van der Waals surface area contributed by atoms with Crippen LogP contribution in [0.1, 0.15) is 32.2 Å². The van der Waals surface area contributed by atoms with E-state index >= 15 is 0 Å². The molecule has 3 rings (SSSR count). The van der Waals surface area contributed by atoms with E-state index < -0.39 is 0 Å². The molecule has 1 aliphatic heterocycles. The van der Waals surface area contributed by atoms with Crippen molar-refractivity contribution < 1.29 is 9.32 Å². The minimum Gasteiger partial charge on any atom is -0.342 e. The molecular formula is C18H23BrN4O2. The van der Waals surface area contributed by atoms with Crippen LogP contribution in [0.5, 0.6) is 0 Å². The minimum absolute atomic E-state index is 0.0607. The summed E-state index contributed by atoms with van der Waals surface area (Å²) in [4.78, 5) is 20.1. The molecule has 7 heteroatoms. The quantitative estimate of drug-likeness (QED) is 0.780. The maximum Gasteiger partial charge on any atom is 0.324 e. The van der Waals surface area contributed by atoms with Crippen LogP contribution in [0.15, 0.2) is 33.3 Å². The van der Waals surface area contributed by atoms with Gasteiger partial charge in [0.15, 0.2) is 5.82 Å². The molecule has 2 heterocycles. The highest BCUT2D eigenvalue weighted by molar-refractivity contribution is 9.10. The van der Waals surface area contributed by atoms with E-state index in [-0.39, 0.29) is 23.8 Å².